The van der Waals surface area contributed by atoms with Crippen molar-refractivity contribution in [3.63, 3.8) is 0 Å². The van der Waals surface area contributed by atoms with Crippen molar-refractivity contribution in [3.8, 4) is 0 Å². The molecule has 0 saturated carbocycles. The molecule has 1 aromatic carbocycles. The number of alkyl halides is 3. The zero-order valence-corrected chi connectivity index (χ0v) is 18.6. The average molecular weight is 464 g/mol. The number of hydrogen-bond acceptors (Lipinski definition) is 4. The predicted octanol–water partition coefficient (Wildman–Crippen LogP) is 2.97. The van der Waals surface area contributed by atoms with Gasteiger partial charge in [0.05, 0.1) is 6.04 Å². The van der Waals surface area contributed by atoms with Gasteiger partial charge < -0.3 is 15.0 Å². The van der Waals surface area contributed by atoms with Gasteiger partial charge in [-0.1, -0.05) is 30.3 Å². The Balaban J connectivity index is 1.62. The van der Waals surface area contributed by atoms with Crippen LogP contribution in [0.25, 0.3) is 0 Å². The van der Waals surface area contributed by atoms with Crippen LogP contribution in [0.15, 0.2) is 42.6 Å². The highest BCUT2D eigenvalue weighted by atomic mass is 19.4. The van der Waals surface area contributed by atoms with Crippen LogP contribution >= 0.6 is 0 Å². The molecule has 1 aromatic heterocycles. The number of methoxy groups -OCH3 is 1. The molecule has 7 nitrogen and oxygen atoms in total. The number of ether oxygens (including phenoxy) is 1. The van der Waals surface area contributed by atoms with Gasteiger partial charge in [0.1, 0.15) is 0 Å². The van der Waals surface area contributed by atoms with Gasteiger partial charge in [0.2, 0.25) is 5.91 Å². The zero-order chi connectivity index (χ0) is 23.9. The van der Waals surface area contributed by atoms with Crippen LogP contribution in [0.3, 0.4) is 0 Å². The molecule has 2 fully saturated rings. The summed E-state index contributed by atoms with van der Waals surface area (Å²) in [5.74, 6) is -1.23. The molecule has 4 rings (SSSR count). The first-order chi connectivity index (χ1) is 15.6. The van der Waals surface area contributed by atoms with Crippen LogP contribution in [0.1, 0.15) is 36.6 Å². The van der Waals surface area contributed by atoms with E-state index in [4.69, 9.17) is 4.74 Å². The first-order valence-electron chi connectivity index (χ1n) is 10.9. The lowest BCUT2D eigenvalue weighted by Gasteiger charge is -2.50. The van der Waals surface area contributed by atoms with Crippen LogP contribution in [-0.4, -0.2) is 59.4 Å². The number of nitrogens with one attached hydrogen (secondary N) is 1. The van der Waals surface area contributed by atoms with Crippen molar-refractivity contribution < 1.29 is 27.5 Å². The maximum absolute atomic E-state index is 14.3. The van der Waals surface area contributed by atoms with Crippen LogP contribution in [-0.2, 0) is 19.9 Å². The number of likely N-dealkylation sites (tertiary alicyclic amines) is 1. The lowest BCUT2D eigenvalue weighted by molar-refractivity contribution is -0.271. The normalized spacial score (nSPS) is 22.6. The molecule has 2 aromatic rings. The largest absolute Gasteiger partial charge is 0.430 e. The lowest BCUT2D eigenvalue weighted by atomic mass is 9.67. The molecular formula is C23H27F3N4O3. The van der Waals surface area contributed by atoms with Crippen molar-refractivity contribution in [2.24, 2.45) is 5.41 Å². The van der Waals surface area contributed by atoms with Gasteiger partial charge in [-0.2, -0.15) is 18.3 Å². The Morgan fingerprint density at radius 3 is 2.39 bits per heavy atom. The van der Waals surface area contributed by atoms with Crippen molar-refractivity contribution in [1.29, 1.82) is 0 Å². The molecule has 0 radical (unpaired) electrons. The summed E-state index contributed by atoms with van der Waals surface area (Å²) in [6, 6.07) is 8.73. The third-order valence-electron chi connectivity index (χ3n) is 7.11. The summed E-state index contributed by atoms with van der Waals surface area (Å²) in [5, 5.41) is 7.29. The first-order valence-corrected chi connectivity index (χ1v) is 10.9. The Hall–Kier alpha value is -2.88. The van der Waals surface area contributed by atoms with E-state index in [0.717, 1.165) is 12.8 Å². The van der Waals surface area contributed by atoms with Gasteiger partial charge in [0, 0.05) is 56.0 Å². The molecule has 0 aliphatic carbocycles. The third kappa shape index (κ3) is 3.80. The zero-order valence-electron chi connectivity index (χ0n) is 18.6. The van der Waals surface area contributed by atoms with E-state index < -0.39 is 23.1 Å². The number of nitrogens with zero attached hydrogens (tertiary/aromatic N) is 3. The molecule has 0 bridgehead atoms. The van der Waals surface area contributed by atoms with E-state index in [2.05, 4.69) is 10.4 Å². The molecule has 33 heavy (non-hydrogen) atoms. The van der Waals surface area contributed by atoms with E-state index in [0.29, 0.717) is 19.4 Å². The maximum Gasteiger partial charge on any atom is 0.430 e. The van der Waals surface area contributed by atoms with E-state index in [1.165, 1.54) is 29.2 Å². The minimum atomic E-state index is -4.95. The van der Waals surface area contributed by atoms with Gasteiger partial charge in [-0.05, 0) is 25.8 Å². The maximum atomic E-state index is 14.3. The molecule has 10 heteroatoms. The van der Waals surface area contributed by atoms with Crippen LogP contribution < -0.4 is 5.32 Å². The summed E-state index contributed by atoms with van der Waals surface area (Å²) in [4.78, 5) is 26.9. The number of carbonyl (C=O) groups is 2. The number of carbonyl (C=O) groups excluding carboxylic acids is 2. The molecule has 1 unspecified atom stereocenters. The molecule has 178 valence electrons. The van der Waals surface area contributed by atoms with Gasteiger partial charge in [0.15, 0.2) is 0 Å². The summed E-state index contributed by atoms with van der Waals surface area (Å²) in [5.41, 5.74) is -2.89. The number of aryl methyl sites for hydroxylation is 1. The number of piperidine rings is 2. The molecule has 2 aliphatic rings. The molecule has 2 atom stereocenters. The second-order valence-corrected chi connectivity index (χ2v) is 8.82. The molecule has 2 aliphatic heterocycles. The summed E-state index contributed by atoms with van der Waals surface area (Å²) in [6.07, 6.45) is -2.24. The van der Waals surface area contributed by atoms with Crippen LogP contribution in [0.4, 0.5) is 13.2 Å². The van der Waals surface area contributed by atoms with E-state index in [9.17, 15) is 22.8 Å². The van der Waals surface area contributed by atoms with E-state index in [1.54, 1.807) is 12.3 Å². The quantitative estimate of drug-likeness (QED) is 0.755. The molecule has 3 heterocycles. The number of rotatable bonds is 4. The van der Waals surface area contributed by atoms with Crippen molar-refractivity contribution in [1.82, 2.24) is 20.0 Å². The fraction of sp³-hybridized carbons (Fsp3) is 0.522. The summed E-state index contributed by atoms with van der Waals surface area (Å²) in [7, 11) is 0.909. The number of benzene rings is 1. The van der Waals surface area contributed by atoms with Crippen molar-refractivity contribution >= 4 is 11.8 Å². The standard InChI is InChI=1S/C23H27F3N4O3/c1-16-8-11-28-30(16)18-15-27-19(31)14-21(18)9-12-29(13-10-21)20(32)22(33-2,23(24,25)26)17-6-4-3-5-7-17/h3-8,11,18H,9-10,12-15H2,1-2H3,(H,27,31)/t18?,22-/m1/s1. The summed E-state index contributed by atoms with van der Waals surface area (Å²) >= 11 is 0. The monoisotopic (exact) mass is 464 g/mol. The Morgan fingerprint density at radius 2 is 1.85 bits per heavy atom. The minimum absolute atomic E-state index is 0.0942. The number of hydrogen-bond donors (Lipinski definition) is 1. The van der Waals surface area contributed by atoms with E-state index in [1.807, 2.05) is 17.7 Å². The van der Waals surface area contributed by atoms with Crippen molar-refractivity contribution in [2.45, 2.75) is 44.0 Å². The van der Waals surface area contributed by atoms with Crippen LogP contribution in [0.5, 0.6) is 0 Å². The van der Waals surface area contributed by atoms with Gasteiger partial charge in [0.25, 0.3) is 11.5 Å². The second kappa shape index (κ2) is 8.48. The average Bonchev–Trinajstić information content (AvgIpc) is 3.20. The molecular weight excluding hydrogens is 437 g/mol. The molecule has 2 saturated heterocycles. The highest BCUT2D eigenvalue weighted by molar-refractivity contribution is 5.88. The summed E-state index contributed by atoms with van der Waals surface area (Å²) in [6.45, 7) is 2.50. The van der Waals surface area contributed by atoms with Crippen LogP contribution in [0.2, 0.25) is 0 Å². The fourth-order valence-corrected chi connectivity index (χ4v) is 5.27. The number of amides is 2. The van der Waals surface area contributed by atoms with Crippen molar-refractivity contribution in [2.75, 3.05) is 26.7 Å². The lowest BCUT2D eigenvalue weighted by Crippen LogP contribution is -2.60. The minimum Gasteiger partial charge on any atom is -0.356 e. The predicted molar refractivity (Wildman–Crippen MR) is 113 cm³/mol. The Bertz CT molecular complexity index is 1020. The van der Waals surface area contributed by atoms with Crippen LogP contribution in [0, 0.1) is 12.3 Å². The summed E-state index contributed by atoms with van der Waals surface area (Å²) < 4.78 is 49.8. The second-order valence-electron chi connectivity index (χ2n) is 8.82. The molecule has 1 spiro atoms. The topological polar surface area (TPSA) is 76.5 Å². The number of halogens is 3. The molecule has 1 N–H and O–H groups in total. The van der Waals surface area contributed by atoms with Gasteiger partial charge >= 0.3 is 6.18 Å². The first kappa shape index (κ1) is 23.3. The Kier molecular flexibility index (Phi) is 5.98. The highest BCUT2D eigenvalue weighted by Crippen LogP contribution is 2.49. The highest BCUT2D eigenvalue weighted by Gasteiger charge is 2.64. The molecule has 2 amide bonds. The van der Waals surface area contributed by atoms with Crippen molar-refractivity contribution in [3.05, 3.63) is 53.9 Å². The Morgan fingerprint density at radius 1 is 1.18 bits per heavy atom. The van der Waals surface area contributed by atoms with Gasteiger partial charge in [-0.25, -0.2) is 0 Å². The van der Waals surface area contributed by atoms with Gasteiger partial charge in [-0.3, -0.25) is 14.3 Å². The van der Waals surface area contributed by atoms with Gasteiger partial charge in [-0.15, -0.1) is 0 Å². The smallest absolute Gasteiger partial charge is 0.356 e. The number of aromatic nitrogens is 2. The third-order valence-corrected chi connectivity index (χ3v) is 7.11. The van der Waals surface area contributed by atoms with E-state index in [-0.39, 0.29) is 37.0 Å². The Labute approximate surface area is 189 Å². The van der Waals surface area contributed by atoms with E-state index >= 15 is 0 Å². The SMILES string of the molecule is CO[C@@](C(=O)N1CCC2(CC1)CC(=O)NCC2n1nccc1C)(c1ccccc1)C(F)(F)F. The fourth-order valence-electron chi connectivity index (χ4n) is 5.27.